The fourth-order valence-corrected chi connectivity index (χ4v) is 2.97. The number of carbonyl (C=O) groups is 2. The Morgan fingerprint density at radius 2 is 1.04 bits per heavy atom. The molecule has 2 atom stereocenters. The van der Waals surface area contributed by atoms with Gasteiger partial charge in [-0.3, -0.25) is 9.59 Å². The fraction of sp³-hybridized carbons (Fsp3) is 0.900. The molecule has 0 rings (SSSR count). The van der Waals surface area contributed by atoms with Gasteiger partial charge in [-0.1, -0.05) is 67.2 Å². The molecule has 6 heteroatoms. The number of carboxylic acid groups (broad SMARTS) is 2. The van der Waals surface area contributed by atoms with Crippen LogP contribution in [0, 0.1) is 11.8 Å². The van der Waals surface area contributed by atoms with E-state index in [1.54, 1.807) is 0 Å². The summed E-state index contributed by atoms with van der Waals surface area (Å²) < 4.78 is 0. The van der Waals surface area contributed by atoms with Crippen LogP contribution in [-0.2, 0) is 26.1 Å². The van der Waals surface area contributed by atoms with Gasteiger partial charge in [-0.25, -0.2) is 0 Å². The molecule has 2 N–H and O–H groups in total. The molecule has 0 spiro atoms. The monoisotopic (exact) mass is 432 g/mol. The van der Waals surface area contributed by atoms with Crippen molar-refractivity contribution in [2.24, 2.45) is 11.8 Å². The van der Waals surface area contributed by atoms with E-state index in [4.69, 9.17) is 10.2 Å². The maximum Gasteiger partial charge on any atom is 0.306 e. The van der Waals surface area contributed by atoms with Crippen LogP contribution in [0.4, 0.5) is 0 Å². The summed E-state index contributed by atoms with van der Waals surface area (Å²) in [6.45, 7) is 12.6. The summed E-state index contributed by atoms with van der Waals surface area (Å²) in [6, 6.07) is 0. The minimum atomic E-state index is -0.643. The molecule has 0 aliphatic rings. The van der Waals surface area contributed by atoms with Crippen molar-refractivity contribution in [1.29, 1.82) is 0 Å². The molecular weight excluding hydrogens is 390 g/mol. The first-order valence-corrected chi connectivity index (χ1v) is 12.3. The molecule has 0 aliphatic heterocycles. The van der Waals surface area contributed by atoms with Crippen molar-refractivity contribution in [2.45, 2.75) is 103 Å². The molecule has 0 saturated carbocycles. The van der Waals surface area contributed by atoms with Crippen molar-refractivity contribution in [3.63, 3.8) is 0 Å². The van der Waals surface area contributed by atoms with E-state index >= 15 is 0 Å². The van der Waals surface area contributed by atoms with Crippen molar-refractivity contribution < 1.29 is 36.3 Å². The fourth-order valence-electron chi connectivity index (χ4n) is 2.26. The van der Waals surface area contributed by atoms with Gasteiger partial charge in [0, 0.05) is 16.5 Å². The molecule has 0 aromatic rings. The summed E-state index contributed by atoms with van der Waals surface area (Å²) in [5.41, 5.74) is 0. The Labute approximate surface area is 178 Å². The van der Waals surface area contributed by atoms with Crippen LogP contribution >= 0.6 is 0 Å². The smallest absolute Gasteiger partial charge is 0.306 e. The standard InChI is InChI=1S/2C8H16O2.2C2H5.Al.Ni.H/c2*1-3-5-6-7(4-2)8(9)10;2*1-2;;;/h2*7H,3-6H2,1-2H3,(H,9,10);2*1H2,2H3;;;. The molecule has 2 unspecified atom stereocenters. The third-order valence-electron chi connectivity index (χ3n) is 4.20. The second kappa shape index (κ2) is 27.2. The molecule has 0 heterocycles. The average molecular weight is 433 g/mol. The van der Waals surface area contributed by atoms with Gasteiger partial charge in [0.15, 0.2) is 0 Å². The summed E-state index contributed by atoms with van der Waals surface area (Å²) >= 11 is 0.432. The second-order valence-electron chi connectivity index (χ2n) is 6.52. The van der Waals surface area contributed by atoms with Crippen LogP contribution in [0.15, 0.2) is 0 Å². The molecule has 0 aromatic heterocycles. The number of unbranched alkanes of at least 4 members (excludes halogenated alkanes) is 2. The topological polar surface area (TPSA) is 74.6 Å². The summed E-state index contributed by atoms with van der Waals surface area (Å²) in [5, 5.41) is 20.2. The Morgan fingerprint density at radius 1 is 0.731 bits per heavy atom. The molecular formula is C20H43AlNiO4. The number of carboxylic acids is 2. The molecule has 0 fully saturated rings. The third kappa shape index (κ3) is 26.2. The minimum Gasteiger partial charge on any atom is -0.481 e. The molecule has 0 bridgehead atoms. The van der Waals surface area contributed by atoms with Gasteiger partial charge >= 0.3 is 11.9 Å². The van der Waals surface area contributed by atoms with E-state index in [0.29, 0.717) is 15.2 Å². The van der Waals surface area contributed by atoms with Crippen LogP contribution in [0.2, 0.25) is 10.6 Å². The van der Waals surface area contributed by atoms with E-state index in [0.717, 1.165) is 51.4 Å². The van der Waals surface area contributed by atoms with Crippen molar-refractivity contribution in [1.82, 2.24) is 0 Å². The van der Waals surface area contributed by atoms with Crippen LogP contribution in [-0.4, -0.2) is 37.4 Å². The first kappa shape index (κ1) is 33.5. The summed E-state index contributed by atoms with van der Waals surface area (Å²) in [6.07, 6.45) is 7.43. The van der Waals surface area contributed by atoms with Gasteiger partial charge in [0.1, 0.15) is 0 Å². The zero-order valence-electron chi connectivity index (χ0n) is 18.0. The molecule has 0 aliphatic carbocycles. The Kier molecular flexibility index (Phi) is 35.1. The Bertz CT molecular complexity index is 274. The van der Waals surface area contributed by atoms with Gasteiger partial charge in [0.05, 0.1) is 11.8 Å². The minimum absolute atomic E-state index is 0. The zero-order chi connectivity index (χ0) is 20.1. The maximum atomic E-state index is 10.4. The van der Waals surface area contributed by atoms with E-state index in [2.05, 4.69) is 27.7 Å². The molecule has 0 radical (unpaired) electrons. The quantitative estimate of drug-likeness (QED) is 0.378. The number of aliphatic carboxylic acids is 2. The Balaban J connectivity index is -0.000000145. The van der Waals surface area contributed by atoms with Gasteiger partial charge in [0.25, 0.3) is 0 Å². The Morgan fingerprint density at radius 3 is 1.15 bits per heavy atom. The Hall–Kier alpha value is -0.0340. The number of rotatable bonds is 12. The van der Waals surface area contributed by atoms with Crippen molar-refractivity contribution in [2.75, 3.05) is 0 Å². The van der Waals surface area contributed by atoms with Crippen LogP contribution in [0.1, 0.15) is 92.9 Å². The van der Waals surface area contributed by atoms with E-state index in [-0.39, 0.29) is 28.3 Å². The first-order chi connectivity index (χ1) is 11.9. The maximum absolute atomic E-state index is 10.4. The molecule has 0 aromatic carbocycles. The first-order valence-electron chi connectivity index (χ1n) is 10.3. The number of hydrogen-bond donors (Lipinski definition) is 2. The molecule has 0 saturated heterocycles. The van der Waals surface area contributed by atoms with Gasteiger partial charge < -0.3 is 10.2 Å². The second-order valence-corrected chi connectivity index (χ2v) is 9.23. The van der Waals surface area contributed by atoms with E-state index in [9.17, 15) is 9.59 Å². The predicted molar refractivity (Wildman–Crippen MR) is 110 cm³/mol. The van der Waals surface area contributed by atoms with Crippen LogP contribution < -0.4 is 0 Å². The largest absolute Gasteiger partial charge is 0.481 e. The van der Waals surface area contributed by atoms with Gasteiger partial charge in [0.2, 0.25) is 15.2 Å². The predicted octanol–water partition coefficient (Wildman–Crippen LogP) is 5.87. The molecule has 26 heavy (non-hydrogen) atoms. The molecule has 4 nitrogen and oxygen atoms in total. The number of hydrogen-bond acceptors (Lipinski definition) is 2. The van der Waals surface area contributed by atoms with Gasteiger partial charge in [-0.15, -0.1) is 10.6 Å². The van der Waals surface area contributed by atoms with Gasteiger partial charge in [-0.2, -0.15) is 0 Å². The SMILES string of the molecule is CCCCC(CC)C(=O)O.CCCCC(CC)C(=O)O.C[CH2][AlH][CH2]C.[Ni]. The average Bonchev–Trinajstić information content (AvgIpc) is 2.57. The van der Waals surface area contributed by atoms with Crippen molar-refractivity contribution >= 4 is 27.2 Å². The summed E-state index contributed by atoms with van der Waals surface area (Å²) in [7, 11) is 0. The summed E-state index contributed by atoms with van der Waals surface area (Å²) in [5.74, 6) is -1.51. The molecule has 0 amide bonds. The zero-order valence-corrected chi connectivity index (χ0v) is 20.4. The van der Waals surface area contributed by atoms with Crippen molar-refractivity contribution in [3.8, 4) is 0 Å². The van der Waals surface area contributed by atoms with Crippen LogP contribution in [0.25, 0.3) is 0 Å². The van der Waals surface area contributed by atoms with E-state index in [1.807, 2.05) is 13.8 Å². The van der Waals surface area contributed by atoms with Crippen molar-refractivity contribution in [3.05, 3.63) is 0 Å². The van der Waals surface area contributed by atoms with E-state index < -0.39 is 11.9 Å². The molecule has 160 valence electrons. The summed E-state index contributed by atoms with van der Waals surface area (Å²) in [4.78, 5) is 20.9. The van der Waals surface area contributed by atoms with Crippen LogP contribution in [0.3, 0.4) is 0 Å². The van der Waals surface area contributed by atoms with Gasteiger partial charge in [-0.05, 0) is 25.7 Å². The van der Waals surface area contributed by atoms with E-state index in [1.165, 1.54) is 10.6 Å². The third-order valence-corrected chi connectivity index (χ3v) is 5.62. The normalized spacial score (nSPS) is 11.5. The van der Waals surface area contributed by atoms with Crippen LogP contribution in [0.5, 0.6) is 0 Å².